The normalized spacial score (nSPS) is 21.9. The topological polar surface area (TPSA) is 21.3 Å². The number of rotatable bonds is 2. The van der Waals surface area contributed by atoms with E-state index in [2.05, 4.69) is 5.32 Å². The van der Waals surface area contributed by atoms with Gasteiger partial charge in [0.2, 0.25) is 0 Å². The molecule has 3 heteroatoms. The van der Waals surface area contributed by atoms with Crippen molar-refractivity contribution in [3.63, 3.8) is 0 Å². The first-order chi connectivity index (χ1) is 6.84. The highest BCUT2D eigenvalue weighted by atomic mass is 35.5. The molecular formula is C11H14ClNO. The maximum Gasteiger partial charge on any atom is 0.0667 e. The van der Waals surface area contributed by atoms with Crippen LogP contribution in [0.25, 0.3) is 0 Å². The Morgan fingerprint density at radius 2 is 2.07 bits per heavy atom. The molecule has 1 N–H and O–H groups in total. The summed E-state index contributed by atoms with van der Waals surface area (Å²) in [5.41, 5.74) is 1.12. The van der Waals surface area contributed by atoms with Gasteiger partial charge in [-0.15, -0.1) is 0 Å². The summed E-state index contributed by atoms with van der Waals surface area (Å²) in [6.07, 6.45) is 2.33. The van der Waals surface area contributed by atoms with Crippen molar-refractivity contribution in [2.75, 3.05) is 18.5 Å². The molecule has 0 saturated carbocycles. The predicted molar refractivity (Wildman–Crippen MR) is 58.9 cm³/mol. The molecule has 0 radical (unpaired) electrons. The van der Waals surface area contributed by atoms with Crippen LogP contribution >= 0.6 is 11.6 Å². The van der Waals surface area contributed by atoms with Gasteiger partial charge in [-0.2, -0.15) is 0 Å². The van der Waals surface area contributed by atoms with Gasteiger partial charge in [0.1, 0.15) is 0 Å². The lowest BCUT2D eigenvalue weighted by Gasteiger charge is -2.24. The largest absolute Gasteiger partial charge is 0.380 e. The van der Waals surface area contributed by atoms with E-state index in [9.17, 15) is 0 Å². The van der Waals surface area contributed by atoms with Gasteiger partial charge in [0, 0.05) is 23.4 Å². The fourth-order valence-electron chi connectivity index (χ4n) is 1.64. The Kier molecular flexibility index (Phi) is 3.27. The van der Waals surface area contributed by atoms with Gasteiger partial charge in [-0.1, -0.05) is 11.6 Å². The molecular weight excluding hydrogens is 198 g/mol. The molecule has 0 aromatic heterocycles. The van der Waals surface area contributed by atoms with E-state index in [-0.39, 0.29) is 0 Å². The van der Waals surface area contributed by atoms with Crippen LogP contribution in [0.3, 0.4) is 0 Å². The molecule has 1 saturated heterocycles. The number of hydrogen-bond acceptors (Lipinski definition) is 2. The van der Waals surface area contributed by atoms with E-state index in [0.717, 1.165) is 30.3 Å². The van der Waals surface area contributed by atoms with Crippen LogP contribution in [0.2, 0.25) is 5.02 Å². The van der Waals surface area contributed by atoms with Gasteiger partial charge in [-0.05, 0) is 37.1 Å². The predicted octanol–water partition coefficient (Wildman–Crippen LogP) is 2.93. The molecule has 1 atom stereocenters. The third kappa shape index (κ3) is 2.63. The van der Waals surface area contributed by atoms with Crippen LogP contribution in [0, 0.1) is 0 Å². The highest BCUT2D eigenvalue weighted by molar-refractivity contribution is 6.30. The van der Waals surface area contributed by atoms with Crippen molar-refractivity contribution in [3.8, 4) is 0 Å². The molecule has 2 rings (SSSR count). The molecule has 1 heterocycles. The fourth-order valence-corrected chi connectivity index (χ4v) is 1.76. The lowest BCUT2D eigenvalue weighted by Crippen LogP contribution is -2.29. The Balaban J connectivity index is 1.92. The second kappa shape index (κ2) is 4.67. The minimum absolute atomic E-state index is 0.449. The number of nitrogens with one attached hydrogen (secondary N) is 1. The van der Waals surface area contributed by atoms with Crippen molar-refractivity contribution in [2.45, 2.75) is 18.9 Å². The number of hydrogen-bond donors (Lipinski definition) is 1. The first-order valence-electron chi connectivity index (χ1n) is 4.94. The van der Waals surface area contributed by atoms with Crippen LogP contribution in [-0.4, -0.2) is 19.3 Å². The molecule has 1 fully saturated rings. The summed E-state index contributed by atoms with van der Waals surface area (Å²) in [6.45, 7) is 1.71. The van der Waals surface area contributed by atoms with Crippen molar-refractivity contribution in [3.05, 3.63) is 29.3 Å². The minimum atomic E-state index is 0.449. The Labute approximate surface area is 89.2 Å². The van der Waals surface area contributed by atoms with Gasteiger partial charge >= 0.3 is 0 Å². The summed E-state index contributed by atoms with van der Waals surface area (Å²) in [5.74, 6) is 0. The highest BCUT2D eigenvalue weighted by Crippen LogP contribution is 2.17. The molecule has 1 aliphatic heterocycles. The lowest BCUT2D eigenvalue weighted by atomic mass is 10.1. The zero-order valence-corrected chi connectivity index (χ0v) is 8.76. The van der Waals surface area contributed by atoms with Crippen LogP contribution in [0.5, 0.6) is 0 Å². The van der Waals surface area contributed by atoms with Gasteiger partial charge in [-0.25, -0.2) is 0 Å². The van der Waals surface area contributed by atoms with E-state index >= 15 is 0 Å². The second-order valence-corrected chi connectivity index (χ2v) is 4.00. The quantitative estimate of drug-likeness (QED) is 0.812. The van der Waals surface area contributed by atoms with Crippen molar-refractivity contribution in [1.82, 2.24) is 0 Å². The summed E-state index contributed by atoms with van der Waals surface area (Å²) in [5, 5.41) is 4.20. The summed E-state index contributed by atoms with van der Waals surface area (Å²) in [6, 6.07) is 8.24. The number of halogens is 1. The molecule has 2 nitrogen and oxygen atoms in total. The zero-order chi connectivity index (χ0) is 9.80. The summed E-state index contributed by atoms with van der Waals surface area (Å²) in [7, 11) is 0. The maximum atomic E-state index is 5.80. The SMILES string of the molecule is Clc1ccc(NC2CCCOC2)cc1. The smallest absolute Gasteiger partial charge is 0.0667 e. The third-order valence-corrected chi connectivity index (χ3v) is 2.63. The summed E-state index contributed by atoms with van der Waals surface area (Å²) >= 11 is 5.80. The van der Waals surface area contributed by atoms with Crippen LogP contribution in [0.4, 0.5) is 5.69 Å². The zero-order valence-electron chi connectivity index (χ0n) is 8.00. The van der Waals surface area contributed by atoms with Gasteiger partial charge in [0.15, 0.2) is 0 Å². The molecule has 1 aliphatic rings. The first-order valence-corrected chi connectivity index (χ1v) is 5.32. The molecule has 1 unspecified atom stereocenters. The van der Waals surface area contributed by atoms with Gasteiger partial charge in [0.25, 0.3) is 0 Å². The Morgan fingerprint density at radius 1 is 1.29 bits per heavy atom. The van der Waals surface area contributed by atoms with E-state index in [0.29, 0.717) is 6.04 Å². The lowest BCUT2D eigenvalue weighted by molar-refractivity contribution is 0.0876. The Morgan fingerprint density at radius 3 is 2.71 bits per heavy atom. The van der Waals surface area contributed by atoms with Crippen molar-refractivity contribution in [2.24, 2.45) is 0 Å². The number of ether oxygens (including phenoxy) is 1. The molecule has 0 bridgehead atoms. The standard InChI is InChI=1S/C11H14ClNO/c12-9-3-5-10(6-4-9)13-11-2-1-7-14-8-11/h3-6,11,13H,1-2,7-8H2. The van der Waals surface area contributed by atoms with Crippen LogP contribution in [-0.2, 0) is 4.74 Å². The van der Waals surface area contributed by atoms with Gasteiger partial charge < -0.3 is 10.1 Å². The first kappa shape index (κ1) is 9.81. The van der Waals surface area contributed by atoms with E-state index in [1.54, 1.807) is 0 Å². The molecule has 1 aromatic carbocycles. The summed E-state index contributed by atoms with van der Waals surface area (Å²) < 4.78 is 5.39. The van der Waals surface area contributed by atoms with Gasteiger partial charge in [0.05, 0.1) is 6.61 Å². The van der Waals surface area contributed by atoms with E-state index in [1.807, 2.05) is 24.3 Å². The Bertz CT molecular complexity index is 280. The molecule has 0 aliphatic carbocycles. The van der Waals surface area contributed by atoms with Crippen molar-refractivity contribution in [1.29, 1.82) is 0 Å². The molecule has 14 heavy (non-hydrogen) atoms. The summed E-state index contributed by atoms with van der Waals surface area (Å²) in [4.78, 5) is 0. The fraction of sp³-hybridized carbons (Fsp3) is 0.455. The number of benzene rings is 1. The van der Waals surface area contributed by atoms with E-state index in [4.69, 9.17) is 16.3 Å². The van der Waals surface area contributed by atoms with Crippen LogP contribution in [0.1, 0.15) is 12.8 Å². The Hall–Kier alpha value is -0.730. The highest BCUT2D eigenvalue weighted by Gasteiger charge is 2.12. The van der Waals surface area contributed by atoms with E-state index in [1.165, 1.54) is 6.42 Å². The molecule has 0 amide bonds. The molecule has 76 valence electrons. The molecule has 0 spiro atoms. The average Bonchev–Trinajstić information content (AvgIpc) is 2.23. The maximum absolute atomic E-state index is 5.80. The minimum Gasteiger partial charge on any atom is -0.380 e. The van der Waals surface area contributed by atoms with Gasteiger partial charge in [-0.3, -0.25) is 0 Å². The average molecular weight is 212 g/mol. The third-order valence-electron chi connectivity index (χ3n) is 2.38. The van der Waals surface area contributed by atoms with Crippen LogP contribution < -0.4 is 5.32 Å². The van der Waals surface area contributed by atoms with Crippen LogP contribution in [0.15, 0.2) is 24.3 Å². The van der Waals surface area contributed by atoms with E-state index < -0.39 is 0 Å². The second-order valence-electron chi connectivity index (χ2n) is 3.57. The number of anilines is 1. The molecule has 1 aromatic rings. The van der Waals surface area contributed by atoms with Crippen molar-refractivity contribution >= 4 is 17.3 Å². The van der Waals surface area contributed by atoms with Crippen molar-refractivity contribution < 1.29 is 4.74 Å². The monoisotopic (exact) mass is 211 g/mol.